The molecule has 2 aromatic rings. The molecule has 0 aliphatic heterocycles. The molecule has 0 radical (unpaired) electrons. The topological polar surface area (TPSA) is 127 Å². The van der Waals surface area contributed by atoms with Crippen molar-refractivity contribution in [2.75, 3.05) is 0 Å². The number of ether oxygens (including phenoxy) is 1. The molecule has 0 heterocycles. The van der Waals surface area contributed by atoms with Crippen LogP contribution in [0.25, 0.3) is 6.08 Å². The zero-order chi connectivity index (χ0) is 18.4. The third-order valence-electron chi connectivity index (χ3n) is 3.29. The van der Waals surface area contributed by atoms with Gasteiger partial charge in [-0.2, -0.15) is 0 Å². The summed E-state index contributed by atoms with van der Waals surface area (Å²) in [6.07, 6.45) is 0.699. The normalized spacial score (nSPS) is 12.0. The van der Waals surface area contributed by atoms with Gasteiger partial charge in [0.25, 0.3) is 0 Å². The summed E-state index contributed by atoms with van der Waals surface area (Å²) in [5, 5.41) is 38.9. The lowest BCUT2D eigenvalue weighted by molar-refractivity contribution is -0.315. The number of carboxylic acids is 1. The van der Waals surface area contributed by atoms with Crippen molar-refractivity contribution < 1.29 is 34.8 Å². The first kappa shape index (κ1) is 17.9. The van der Waals surface area contributed by atoms with E-state index in [0.717, 1.165) is 6.08 Å². The Kier molecular flexibility index (Phi) is 5.62. The number of carbonyl (C=O) groups excluding carboxylic acids is 2. The van der Waals surface area contributed by atoms with Crippen LogP contribution in [0.5, 0.6) is 17.2 Å². The Balaban J connectivity index is 2.01. The van der Waals surface area contributed by atoms with Crippen LogP contribution in [0.3, 0.4) is 0 Å². The van der Waals surface area contributed by atoms with Gasteiger partial charge in [-0.1, -0.05) is 18.2 Å². The Labute approximate surface area is 143 Å². The SMILES string of the molecule is O=C(/C=C/c1ccc(O)c(O)c1)OC(Cc1ccc(O)cc1)C(=O)[O-]. The smallest absolute Gasteiger partial charge is 0.331 e. The summed E-state index contributed by atoms with van der Waals surface area (Å²) in [4.78, 5) is 22.9. The third-order valence-corrected chi connectivity index (χ3v) is 3.29. The van der Waals surface area contributed by atoms with E-state index in [0.29, 0.717) is 11.1 Å². The molecule has 0 aliphatic rings. The van der Waals surface area contributed by atoms with E-state index in [2.05, 4.69) is 0 Å². The van der Waals surface area contributed by atoms with Crippen LogP contribution in [0.2, 0.25) is 0 Å². The van der Waals surface area contributed by atoms with Crippen molar-refractivity contribution in [3.63, 3.8) is 0 Å². The highest BCUT2D eigenvalue weighted by atomic mass is 16.6. The van der Waals surface area contributed by atoms with Gasteiger partial charge in [-0.15, -0.1) is 0 Å². The number of phenols is 3. The van der Waals surface area contributed by atoms with Crippen molar-refractivity contribution in [1.82, 2.24) is 0 Å². The third kappa shape index (κ3) is 5.28. The van der Waals surface area contributed by atoms with Gasteiger partial charge in [0.1, 0.15) is 11.9 Å². The van der Waals surface area contributed by atoms with Crippen molar-refractivity contribution >= 4 is 18.0 Å². The van der Waals surface area contributed by atoms with Crippen LogP contribution in [-0.4, -0.2) is 33.4 Å². The minimum atomic E-state index is -1.54. The number of aromatic hydroxyl groups is 3. The van der Waals surface area contributed by atoms with E-state index < -0.39 is 18.0 Å². The van der Waals surface area contributed by atoms with Crippen LogP contribution in [0, 0.1) is 0 Å². The van der Waals surface area contributed by atoms with Gasteiger partial charge < -0.3 is 30.0 Å². The van der Waals surface area contributed by atoms with E-state index in [1.165, 1.54) is 48.5 Å². The largest absolute Gasteiger partial charge is 0.546 e. The van der Waals surface area contributed by atoms with Gasteiger partial charge in [-0.05, 0) is 41.5 Å². The average molecular weight is 343 g/mol. The molecule has 0 saturated heterocycles. The molecule has 0 amide bonds. The van der Waals surface area contributed by atoms with Gasteiger partial charge in [-0.3, -0.25) is 0 Å². The number of hydrogen-bond acceptors (Lipinski definition) is 7. The molecule has 0 fully saturated rings. The van der Waals surface area contributed by atoms with Gasteiger partial charge in [0, 0.05) is 12.5 Å². The Morgan fingerprint density at radius 2 is 1.72 bits per heavy atom. The van der Waals surface area contributed by atoms with Gasteiger partial charge in [-0.25, -0.2) is 4.79 Å². The van der Waals surface area contributed by atoms with Gasteiger partial charge in [0.15, 0.2) is 11.5 Å². The fourth-order valence-electron chi connectivity index (χ4n) is 2.01. The highest BCUT2D eigenvalue weighted by Gasteiger charge is 2.15. The van der Waals surface area contributed by atoms with E-state index in [1.54, 1.807) is 0 Å². The summed E-state index contributed by atoms with van der Waals surface area (Å²) < 4.78 is 4.86. The van der Waals surface area contributed by atoms with Crippen LogP contribution >= 0.6 is 0 Å². The first-order valence-electron chi connectivity index (χ1n) is 7.24. The molecular weight excluding hydrogens is 328 g/mol. The van der Waals surface area contributed by atoms with Crippen molar-refractivity contribution in [1.29, 1.82) is 0 Å². The standard InChI is InChI=1S/C18H16O7/c19-13-5-1-12(2-6-13)10-16(18(23)24)25-17(22)8-4-11-3-7-14(20)15(21)9-11/h1-9,16,19-21H,10H2,(H,23,24)/p-1/b8-4+. The summed E-state index contributed by atoms with van der Waals surface area (Å²) in [7, 11) is 0. The molecule has 7 nitrogen and oxygen atoms in total. The lowest BCUT2D eigenvalue weighted by atomic mass is 10.1. The highest BCUT2D eigenvalue weighted by Crippen LogP contribution is 2.25. The first-order chi connectivity index (χ1) is 11.8. The number of esters is 1. The van der Waals surface area contributed by atoms with Crippen molar-refractivity contribution in [3.05, 3.63) is 59.7 Å². The highest BCUT2D eigenvalue weighted by molar-refractivity contribution is 5.89. The molecule has 0 aliphatic carbocycles. The Morgan fingerprint density at radius 1 is 1.04 bits per heavy atom. The Hall–Kier alpha value is -3.48. The first-order valence-corrected chi connectivity index (χ1v) is 7.24. The van der Waals surface area contributed by atoms with E-state index >= 15 is 0 Å². The number of rotatable bonds is 6. The molecular formula is C18H15O7-. The molecule has 1 unspecified atom stereocenters. The Morgan fingerprint density at radius 3 is 2.32 bits per heavy atom. The molecule has 3 N–H and O–H groups in total. The second-order valence-corrected chi connectivity index (χ2v) is 5.20. The molecule has 0 aromatic heterocycles. The lowest BCUT2D eigenvalue weighted by Gasteiger charge is -2.18. The predicted molar refractivity (Wildman–Crippen MR) is 85.5 cm³/mol. The maximum Gasteiger partial charge on any atom is 0.331 e. The molecule has 0 saturated carbocycles. The summed E-state index contributed by atoms with van der Waals surface area (Å²) in [5.41, 5.74) is 0.961. The van der Waals surface area contributed by atoms with Crippen LogP contribution < -0.4 is 5.11 Å². The van der Waals surface area contributed by atoms with Gasteiger partial charge in [0.2, 0.25) is 0 Å². The minimum Gasteiger partial charge on any atom is -0.546 e. The number of carboxylic acid groups (broad SMARTS) is 1. The van der Waals surface area contributed by atoms with E-state index in [4.69, 9.17) is 4.74 Å². The van der Waals surface area contributed by atoms with Gasteiger partial charge >= 0.3 is 5.97 Å². The summed E-state index contributed by atoms with van der Waals surface area (Å²) in [6.45, 7) is 0. The predicted octanol–water partition coefficient (Wildman–Crippen LogP) is 0.721. The molecule has 130 valence electrons. The zero-order valence-corrected chi connectivity index (χ0v) is 13.0. The summed E-state index contributed by atoms with van der Waals surface area (Å²) in [5.74, 6) is -3.07. The minimum absolute atomic E-state index is 0.0332. The van der Waals surface area contributed by atoms with Crippen molar-refractivity contribution in [3.8, 4) is 17.2 Å². The number of benzene rings is 2. The molecule has 7 heteroatoms. The van der Waals surface area contributed by atoms with E-state index in [-0.39, 0.29) is 23.7 Å². The maximum atomic E-state index is 11.8. The maximum absolute atomic E-state index is 11.8. The summed E-state index contributed by atoms with van der Waals surface area (Å²) >= 11 is 0. The Bertz CT molecular complexity index is 794. The molecule has 0 spiro atoms. The quantitative estimate of drug-likeness (QED) is 0.401. The summed E-state index contributed by atoms with van der Waals surface area (Å²) in [6, 6.07) is 9.72. The molecule has 1 atom stereocenters. The second kappa shape index (κ2) is 7.87. The fourth-order valence-corrected chi connectivity index (χ4v) is 2.01. The van der Waals surface area contributed by atoms with Crippen LogP contribution in [0.1, 0.15) is 11.1 Å². The van der Waals surface area contributed by atoms with Crippen LogP contribution in [0.15, 0.2) is 48.5 Å². The number of phenolic OH excluding ortho intramolecular Hbond substituents is 3. The van der Waals surface area contributed by atoms with Crippen LogP contribution in [0.4, 0.5) is 0 Å². The van der Waals surface area contributed by atoms with E-state index in [9.17, 15) is 30.0 Å². The van der Waals surface area contributed by atoms with Crippen LogP contribution in [-0.2, 0) is 20.7 Å². The molecule has 0 bridgehead atoms. The average Bonchev–Trinajstić information content (AvgIpc) is 2.57. The zero-order valence-electron chi connectivity index (χ0n) is 13.0. The van der Waals surface area contributed by atoms with Gasteiger partial charge in [0.05, 0.1) is 5.97 Å². The monoisotopic (exact) mass is 343 g/mol. The molecule has 25 heavy (non-hydrogen) atoms. The molecule has 2 aromatic carbocycles. The van der Waals surface area contributed by atoms with Crippen molar-refractivity contribution in [2.45, 2.75) is 12.5 Å². The molecule has 2 rings (SSSR count). The fraction of sp³-hybridized carbons (Fsp3) is 0.111. The van der Waals surface area contributed by atoms with Crippen molar-refractivity contribution in [2.24, 2.45) is 0 Å². The second-order valence-electron chi connectivity index (χ2n) is 5.20. The number of aliphatic carboxylic acids is 1. The number of hydrogen-bond donors (Lipinski definition) is 3. The lowest BCUT2D eigenvalue weighted by Crippen LogP contribution is -2.40. The van der Waals surface area contributed by atoms with E-state index in [1.807, 2.05) is 0 Å². The number of carbonyl (C=O) groups is 2.